The zero-order valence-electron chi connectivity index (χ0n) is 13.1. The average molecular weight is 331 g/mol. The number of thiophene rings is 1. The van der Waals surface area contributed by atoms with Gasteiger partial charge >= 0.3 is 0 Å². The minimum absolute atomic E-state index is 0.0504. The van der Waals surface area contributed by atoms with Crippen molar-refractivity contribution in [2.75, 3.05) is 13.7 Å². The second kappa shape index (κ2) is 6.54. The lowest BCUT2D eigenvalue weighted by Crippen LogP contribution is -2.37. The first-order chi connectivity index (χ1) is 11.1. The summed E-state index contributed by atoms with van der Waals surface area (Å²) in [5.74, 6) is -0.287. The Bertz CT molecular complexity index is 753. The lowest BCUT2D eigenvalue weighted by molar-refractivity contribution is -0.128. The molecule has 120 valence electrons. The van der Waals surface area contributed by atoms with Crippen molar-refractivity contribution >= 4 is 23.3 Å². The van der Waals surface area contributed by atoms with Gasteiger partial charge in [-0.1, -0.05) is 6.07 Å². The van der Waals surface area contributed by atoms with Crippen LogP contribution in [0.5, 0.6) is 5.75 Å². The molecular weight excluding hydrogens is 313 g/mol. The van der Waals surface area contributed by atoms with E-state index in [9.17, 15) is 9.18 Å². The normalized spacial score (nSPS) is 17.3. The van der Waals surface area contributed by atoms with Gasteiger partial charge in [0.15, 0.2) is 11.6 Å². The maximum Gasteiger partial charge on any atom is 0.247 e. The van der Waals surface area contributed by atoms with Crippen molar-refractivity contribution in [3.05, 3.63) is 57.5 Å². The van der Waals surface area contributed by atoms with E-state index in [0.29, 0.717) is 5.56 Å². The number of carbonyl (C=O) groups excluding carboxylic acids is 1. The van der Waals surface area contributed by atoms with Gasteiger partial charge in [0.25, 0.3) is 0 Å². The van der Waals surface area contributed by atoms with E-state index in [4.69, 9.17) is 4.74 Å². The Morgan fingerprint density at radius 2 is 2.26 bits per heavy atom. The Balaban J connectivity index is 1.73. The largest absolute Gasteiger partial charge is 0.494 e. The summed E-state index contributed by atoms with van der Waals surface area (Å²) in [4.78, 5) is 15.7. The van der Waals surface area contributed by atoms with Crippen LogP contribution in [0.25, 0.3) is 6.08 Å². The molecule has 2 heterocycles. The highest BCUT2D eigenvalue weighted by Crippen LogP contribution is 2.32. The van der Waals surface area contributed by atoms with Gasteiger partial charge in [-0.05, 0) is 54.1 Å². The minimum Gasteiger partial charge on any atom is -0.494 e. The molecule has 1 aliphatic rings. The molecule has 0 N–H and O–H groups in total. The van der Waals surface area contributed by atoms with Gasteiger partial charge in [0.05, 0.1) is 13.2 Å². The van der Waals surface area contributed by atoms with Crippen LogP contribution in [0.4, 0.5) is 4.39 Å². The lowest BCUT2D eigenvalue weighted by atomic mass is 10.0. The van der Waals surface area contributed by atoms with E-state index < -0.39 is 5.82 Å². The van der Waals surface area contributed by atoms with Crippen LogP contribution in [0.1, 0.15) is 29.0 Å². The summed E-state index contributed by atoms with van der Waals surface area (Å²) in [6.45, 7) is 2.76. The van der Waals surface area contributed by atoms with Crippen LogP contribution < -0.4 is 4.74 Å². The molecule has 1 atom stereocenters. The molecule has 1 aromatic heterocycles. The van der Waals surface area contributed by atoms with Crippen LogP contribution in [0, 0.1) is 5.82 Å². The Labute approximate surface area is 139 Å². The van der Waals surface area contributed by atoms with Crippen molar-refractivity contribution in [1.82, 2.24) is 4.90 Å². The van der Waals surface area contributed by atoms with Gasteiger partial charge in [-0.3, -0.25) is 4.79 Å². The smallest absolute Gasteiger partial charge is 0.247 e. The molecule has 23 heavy (non-hydrogen) atoms. The molecule has 2 aromatic rings. The van der Waals surface area contributed by atoms with Gasteiger partial charge < -0.3 is 9.64 Å². The maximum atomic E-state index is 13.7. The lowest BCUT2D eigenvalue weighted by Gasteiger charge is -2.32. The van der Waals surface area contributed by atoms with E-state index >= 15 is 0 Å². The fourth-order valence-electron chi connectivity index (χ4n) is 2.86. The summed E-state index contributed by atoms with van der Waals surface area (Å²) in [6.07, 6.45) is 4.05. The number of ether oxygens (including phenoxy) is 1. The van der Waals surface area contributed by atoms with Crippen LogP contribution in [0.2, 0.25) is 0 Å². The average Bonchev–Trinajstić information content (AvgIpc) is 3.02. The number of fused-ring (bicyclic) bond motifs is 1. The monoisotopic (exact) mass is 331 g/mol. The van der Waals surface area contributed by atoms with E-state index in [1.807, 2.05) is 11.8 Å². The zero-order valence-corrected chi connectivity index (χ0v) is 13.9. The van der Waals surface area contributed by atoms with Gasteiger partial charge in [0.2, 0.25) is 5.91 Å². The molecule has 1 amide bonds. The second-order valence-electron chi connectivity index (χ2n) is 5.48. The van der Waals surface area contributed by atoms with Gasteiger partial charge in [0.1, 0.15) is 0 Å². The zero-order chi connectivity index (χ0) is 16.4. The van der Waals surface area contributed by atoms with Crippen LogP contribution in [-0.4, -0.2) is 24.5 Å². The Hall–Kier alpha value is -2.14. The molecule has 0 bridgehead atoms. The van der Waals surface area contributed by atoms with Gasteiger partial charge in [-0.15, -0.1) is 11.3 Å². The number of hydrogen-bond donors (Lipinski definition) is 0. The fourth-order valence-corrected chi connectivity index (χ4v) is 3.82. The van der Waals surface area contributed by atoms with Crippen molar-refractivity contribution < 1.29 is 13.9 Å². The van der Waals surface area contributed by atoms with E-state index in [2.05, 4.69) is 11.4 Å². The van der Waals surface area contributed by atoms with E-state index in [1.165, 1.54) is 29.7 Å². The number of rotatable bonds is 3. The SMILES string of the molecule is COc1ccc(C=CC(=O)N2CCc3sccc3C2C)cc1F. The Morgan fingerprint density at radius 1 is 1.43 bits per heavy atom. The number of benzene rings is 1. The molecule has 0 spiro atoms. The molecule has 0 aliphatic carbocycles. The van der Waals surface area contributed by atoms with Crippen molar-refractivity contribution in [3.8, 4) is 5.75 Å². The molecular formula is C18H18FNO2S. The molecule has 0 fully saturated rings. The summed E-state index contributed by atoms with van der Waals surface area (Å²) in [6, 6.07) is 6.81. The third-order valence-corrected chi connectivity index (χ3v) is 5.15. The Kier molecular flexibility index (Phi) is 4.48. The minimum atomic E-state index is -0.434. The van der Waals surface area contributed by atoms with Crippen LogP contribution in [-0.2, 0) is 11.2 Å². The molecule has 0 saturated carbocycles. The summed E-state index contributed by atoms with van der Waals surface area (Å²) in [7, 11) is 1.42. The first kappa shape index (κ1) is 15.7. The van der Waals surface area contributed by atoms with Crippen molar-refractivity contribution in [1.29, 1.82) is 0 Å². The molecule has 0 saturated heterocycles. The number of methoxy groups -OCH3 is 1. The predicted molar refractivity (Wildman–Crippen MR) is 90.1 cm³/mol. The van der Waals surface area contributed by atoms with Crippen LogP contribution in [0.3, 0.4) is 0 Å². The number of amides is 1. The topological polar surface area (TPSA) is 29.5 Å². The van der Waals surface area contributed by atoms with E-state index in [-0.39, 0.29) is 17.7 Å². The third kappa shape index (κ3) is 3.15. The highest BCUT2D eigenvalue weighted by molar-refractivity contribution is 7.10. The first-order valence-electron chi connectivity index (χ1n) is 7.48. The highest BCUT2D eigenvalue weighted by Gasteiger charge is 2.26. The maximum absolute atomic E-state index is 13.7. The number of nitrogens with zero attached hydrogens (tertiary/aromatic N) is 1. The summed E-state index contributed by atoms with van der Waals surface area (Å²) >= 11 is 1.75. The molecule has 5 heteroatoms. The predicted octanol–water partition coefficient (Wildman–Crippen LogP) is 4.05. The number of hydrogen-bond acceptors (Lipinski definition) is 3. The molecule has 1 unspecified atom stereocenters. The van der Waals surface area contributed by atoms with Gasteiger partial charge in [-0.2, -0.15) is 0 Å². The van der Waals surface area contributed by atoms with Crippen molar-refractivity contribution in [2.45, 2.75) is 19.4 Å². The molecule has 0 radical (unpaired) electrons. The van der Waals surface area contributed by atoms with Gasteiger partial charge in [0, 0.05) is 17.5 Å². The molecule has 3 rings (SSSR count). The van der Waals surface area contributed by atoms with E-state index in [0.717, 1.165) is 13.0 Å². The van der Waals surface area contributed by atoms with Gasteiger partial charge in [-0.25, -0.2) is 4.39 Å². The molecule has 3 nitrogen and oxygen atoms in total. The quantitative estimate of drug-likeness (QED) is 0.794. The number of halogens is 1. The Morgan fingerprint density at radius 3 is 3.00 bits per heavy atom. The summed E-state index contributed by atoms with van der Waals surface area (Å²) < 4.78 is 18.6. The fraction of sp³-hybridized carbons (Fsp3) is 0.278. The molecule has 1 aliphatic heterocycles. The standard InChI is InChI=1S/C18H18FNO2S/c1-12-14-8-10-23-17(14)7-9-20(12)18(21)6-4-13-3-5-16(22-2)15(19)11-13/h3-6,8,10-12H,7,9H2,1-2H3. The molecule has 1 aromatic carbocycles. The van der Waals surface area contributed by atoms with Crippen molar-refractivity contribution in [3.63, 3.8) is 0 Å². The summed E-state index contributed by atoms with van der Waals surface area (Å²) in [5, 5.41) is 2.07. The van der Waals surface area contributed by atoms with Crippen LogP contribution in [0.15, 0.2) is 35.7 Å². The number of carbonyl (C=O) groups is 1. The second-order valence-corrected chi connectivity index (χ2v) is 6.48. The van der Waals surface area contributed by atoms with E-state index in [1.54, 1.807) is 29.5 Å². The third-order valence-electron chi connectivity index (χ3n) is 4.15. The van der Waals surface area contributed by atoms with Crippen molar-refractivity contribution in [2.24, 2.45) is 0 Å². The summed E-state index contributed by atoms with van der Waals surface area (Å²) in [5.41, 5.74) is 1.87. The van der Waals surface area contributed by atoms with Crippen LogP contribution >= 0.6 is 11.3 Å². The first-order valence-corrected chi connectivity index (χ1v) is 8.36. The highest BCUT2D eigenvalue weighted by atomic mass is 32.1.